The van der Waals surface area contributed by atoms with Crippen molar-refractivity contribution in [3.8, 4) is 17.6 Å². The Hall–Kier alpha value is -3.28. The molecule has 0 aliphatic carbocycles. The Morgan fingerprint density at radius 1 is 1.10 bits per heavy atom. The summed E-state index contributed by atoms with van der Waals surface area (Å²) in [5.41, 5.74) is 2.39. The summed E-state index contributed by atoms with van der Waals surface area (Å²) in [5, 5.41) is 21.5. The van der Waals surface area contributed by atoms with Crippen LogP contribution < -0.4 is 19.7 Å². The van der Waals surface area contributed by atoms with Gasteiger partial charge in [-0.1, -0.05) is 0 Å². The fourth-order valence-corrected chi connectivity index (χ4v) is 3.57. The van der Waals surface area contributed by atoms with Crippen molar-refractivity contribution in [2.45, 2.75) is 0 Å². The van der Waals surface area contributed by atoms with Crippen LogP contribution in [0.3, 0.4) is 0 Å². The summed E-state index contributed by atoms with van der Waals surface area (Å²) in [6.07, 6.45) is 0. The zero-order valence-corrected chi connectivity index (χ0v) is 15.9. The first-order valence-electron chi connectivity index (χ1n) is 9.51. The number of carbonyl (C=O) groups excluding carboxylic acids is 1. The van der Waals surface area contributed by atoms with Gasteiger partial charge >= 0.3 is 0 Å². The molecule has 0 spiro atoms. The second-order valence-electron chi connectivity index (χ2n) is 6.92. The normalized spacial score (nSPS) is 15.8. The number of aliphatic hydroxyl groups is 1. The molecule has 4 rings (SSSR count). The van der Waals surface area contributed by atoms with Crippen LogP contribution in [0.15, 0.2) is 36.4 Å². The summed E-state index contributed by atoms with van der Waals surface area (Å²) in [6, 6.07) is 12.6. The second kappa shape index (κ2) is 8.39. The molecule has 2 N–H and O–H groups in total. The zero-order chi connectivity index (χ0) is 20.2. The maximum atomic E-state index is 12.6. The highest BCUT2D eigenvalue weighted by Crippen LogP contribution is 2.33. The fourth-order valence-electron chi connectivity index (χ4n) is 3.57. The van der Waals surface area contributed by atoms with Crippen LogP contribution in [0.4, 0.5) is 11.4 Å². The SMILES string of the molecule is N#Cc1cc(NC(=O)c2ccc3c(c2)OCO3)ccc1N1CCN(CCO)CC1. The summed E-state index contributed by atoms with van der Waals surface area (Å²) in [4.78, 5) is 16.9. The summed E-state index contributed by atoms with van der Waals surface area (Å²) in [5.74, 6) is 0.889. The number of β-amino-alcohol motifs (C(OH)–C–C–N with tert-alkyl or cyclic N) is 1. The Morgan fingerprint density at radius 2 is 1.90 bits per heavy atom. The van der Waals surface area contributed by atoms with Crippen LogP contribution in [0.1, 0.15) is 15.9 Å². The Labute approximate surface area is 168 Å². The topological polar surface area (TPSA) is 98.1 Å². The number of hydrogen-bond donors (Lipinski definition) is 2. The smallest absolute Gasteiger partial charge is 0.255 e. The molecule has 0 unspecified atom stereocenters. The molecule has 0 bridgehead atoms. The molecule has 2 aromatic rings. The van der Waals surface area contributed by atoms with Crippen LogP contribution >= 0.6 is 0 Å². The molecule has 0 atom stereocenters. The van der Waals surface area contributed by atoms with Crippen molar-refractivity contribution in [2.24, 2.45) is 0 Å². The first-order valence-corrected chi connectivity index (χ1v) is 9.51. The molecule has 29 heavy (non-hydrogen) atoms. The van der Waals surface area contributed by atoms with E-state index >= 15 is 0 Å². The van der Waals surface area contributed by atoms with Crippen LogP contribution in [-0.2, 0) is 0 Å². The molecule has 1 saturated heterocycles. The molecule has 2 aromatic carbocycles. The first kappa shape index (κ1) is 19.1. The quantitative estimate of drug-likeness (QED) is 0.796. The Bertz CT molecular complexity index is 948. The van der Waals surface area contributed by atoms with Crippen LogP contribution in [0.25, 0.3) is 0 Å². The van der Waals surface area contributed by atoms with Gasteiger partial charge in [-0.25, -0.2) is 0 Å². The monoisotopic (exact) mass is 394 g/mol. The van der Waals surface area contributed by atoms with Crippen LogP contribution in [0, 0.1) is 11.3 Å². The van der Waals surface area contributed by atoms with Crippen molar-refractivity contribution in [3.63, 3.8) is 0 Å². The first-order chi connectivity index (χ1) is 14.2. The lowest BCUT2D eigenvalue weighted by atomic mass is 10.1. The zero-order valence-electron chi connectivity index (χ0n) is 15.9. The number of benzene rings is 2. The molecule has 8 nitrogen and oxygen atoms in total. The number of aliphatic hydroxyl groups excluding tert-OH is 1. The molecule has 2 aliphatic heterocycles. The van der Waals surface area contributed by atoms with E-state index in [0.717, 1.165) is 31.9 Å². The van der Waals surface area contributed by atoms with Gasteiger partial charge in [0.1, 0.15) is 6.07 Å². The van der Waals surface area contributed by atoms with E-state index < -0.39 is 0 Å². The summed E-state index contributed by atoms with van der Waals surface area (Å²) < 4.78 is 10.6. The maximum absolute atomic E-state index is 12.6. The average Bonchev–Trinajstić information content (AvgIpc) is 3.22. The van der Waals surface area contributed by atoms with Gasteiger partial charge in [-0.3, -0.25) is 9.69 Å². The van der Waals surface area contributed by atoms with Gasteiger partial charge in [0.15, 0.2) is 11.5 Å². The fraction of sp³-hybridized carbons (Fsp3) is 0.333. The van der Waals surface area contributed by atoms with Gasteiger partial charge in [-0.2, -0.15) is 5.26 Å². The summed E-state index contributed by atoms with van der Waals surface area (Å²) in [6.45, 7) is 4.24. The summed E-state index contributed by atoms with van der Waals surface area (Å²) >= 11 is 0. The van der Waals surface area contributed by atoms with Crippen molar-refractivity contribution in [3.05, 3.63) is 47.5 Å². The minimum absolute atomic E-state index is 0.154. The van der Waals surface area contributed by atoms with E-state index in [2.05, 4.69) is 21.2 Å². The molecular weight excluding hydrogens is 372 g/mol. The number of carbonyl (C=O) groups is 1. The van der Waals surface area contributed by atoms with Gasteiger partial charge in [0.25, 0.3) is 5.91 Å². The molecule has 0 radical (unpaired) electrons. The van der Waals surface area contributed by atoms with E-state index in [1.54, 1.807) is 30.3 Å². The van der Waals surface area contributed by atoms with Gasteiger partial charge in [0.05, 0.1) is 17.9 Å². The van der Waals surface area contributed by atoms with Crippen molar-refractivity contribution >= 4 is 17.3 Å². The number of ether oxygens (including phenoxy) is 2. The van der Waals surface area contributed by atoms with Gasteiger partial charge in [-0.05, 0) is 36.4 Å². The standard InChI is InChI=1S/C21H22N4O4/c22-13-16-11-17(2-3-18(16)25-7-5-24(6-8-25)9-10-26)23-21(27)15-1-4-19-20(12-15)29-14-28-19/h1-4,11-12,26H,5-10,14H2,(H,23,27). The lowest BCUT2D eigenvalue weighted by Crippen LogP contribution is -2.47. The van der Waals surface area contributed by atoms with Crippen LogP contribution in [-0.4, -0.2) is 62.0 Å². The highest BCUT2D eigenvalue weighted by Gasteiger charge is 2.20. The third kappa shape index (κ3) is 4.11. The number of hydrogen-bond acceptors (Lipinski definition) is 7. The predicted molar refractivity (Wildman–Crippen MR) is 107 cm³/mol. The number of nitriles is 1. The molecule has 0 aromatic heterocycles. The molecule has 150 valence electrons. The van der Waals surface area contributed by atoms with E-state index in [1.165, 1.54) is 0 Å². The van der Waals surface area contributed by atoms with Crippen molar-refractivity contribution in [2.75, 3.05) is 56.3 Å². The average molecular weight is 394 g/mol. The minimum atomic E-state index is -0.280. The van der Waals surface area contributed by atoms with Crippen molar-refractivity contribution in [1.29, 1.82) is 5.26 Å². The number of amides is 1. The molecule has 2 aliphatic rings. The number of nitrogens with zero attached hydrogens (tertiary/aromatic N) is 3. The second-order valence-corrected chi connectivity index (χ2v) is 6.92. The van der Waals surface area contributed by atoms with Gasteiger partial charge in [0, 0.05) is 44.0 Å². The van der Waals surface area contributed by atoms with Gasteiger partial charge in [0.2, 0.25) is 6.79 Å². The third-order valence-corrected chi connectivity index (χ3v) is 5.14. The molecular formula is C21H22N4O4. The molecule has 0 saturated carbocycles. The van der Waals surface area contributed by atoms with Crippen molar-refractivity contribution in [1.82, 2.24) is 4.90 Å². The van der Waals surface area contributed by atoms with E-state index in [0.29, 0.717) is 34.9 Å². The van der Waals surface area contributed by atoms with Gasteiger partial charge < -0.3 is 24.8 Å². The van der Waals surface area contributed by atoms with E-state index in [4.69, 9.17) is 14.6 Å². The van der Waals surface area contributed by atoms with Crippen LogP contribution in [0.2, 0.25) is 0 Å². The Balaban J connectivity index is 1.46. The Morgan fingerprint density at radius 3 is 2.66 bits per heavy atom. The van der Waals surface area contributed by atoms with E-state index in [1.807, 2.05) is 6.07 Å². The Kier molecular flexibility index (Phi) is 5.51. The number of fused-ring (bicyclic) bond motifs is 1. The minimum Gasteiger partial charge on any atom is -0.454 e. The number of nitrogens with one attached hydrogen (secondary N) is 1. The molecule has 2 heterocycles. The van der Waals surface area contributed by atoms with E-state index in [9.17, 15) is 10.1 Å². The third-order valence-electron chi connectivity index (χ3n) is 5.14. The predicted octanol–water partition coefficient (Wildman–Crippen LogP) is 1.65. The molecule has 8 heteroatoms. The highest BCUT2D eigenvalue weighted by molar-refractivity contribution is 6.04. The van der Waals surface area contributed by atoms with Gasteiger partial charge in [-0.15, -0.1) is 0 Å². The van der Waals surface area contributed by atoms with Crippen LogP contribution in [0.5, 0.6) is 11.5 Å². The number of anilines is 2. The summed E-state index contributed by atoms with van der Waals surface area (Å²) in [7, 11) is 0. The number of rotatable bonds is 5. The maximum Gasteiger partial charge on any atom is 0.255 e. The van der Waals surface area contributed by atoms with Crippen molar-refractivity contribution < 1.29 is 19.4 Å². The van der Waals surface area contributed by atoms with E-state index in [-0.39, 0.29) is 19.3 Å². The number of piperazine rings is 1. The lowest BCUT2D eigenvalue weighted by molar-refractivity contribution is 0.102. The molecule has 1 fully saturated rings. The molecule has 1 amide bonds. The highest BCUT2D eigenvalue weighted by atomic mass is 16.7. The largest absolute Gasteiger partial charge is 0.454 e. The lowest BCUT2D eigenvalue weighted by Gasteiger charge is -2.36.